The van der Waals surface area contributed by atoms with E-state index in [1.54, 1.807) is 0 Å². The van der Waals surface area contributed by atoms with Gasteiger partial charge in [-0.15, -0.1) is 0 Å². The summed E-state index contributed by atoms with van der Waals surface area (Å²) < 4.78 is 0. The first-order chi connectivity index (χ1) is 8.81. The molecule has 8 heteroatoms. The number of aromatic hydroxyl groups is 1. The number of amides is 2. The zero-order valence-electron chi connectivity index (χ0n) is 9.67. The number of primary amides is 1. The van der Waals surface area contributed by atoms with Gasteiger partial charge in [0.2, 0.25) is 5.91 Å². The van der Waals surface area contributed by atoms with E-state index in [1.165, 1.54) is 18.2 Å². The van der Waals surface area contributed by atoms with Crippen LogP contribution in [0.15, 0.2) is 18.2 Å². The Morgan fingerprint density at radius 2 is 1.89 bits per heavy atom. The fourth-order valence-corrected chi connectivity index (χ4v) is 1.55. The van der Waals surface area contributed by atoms with Gasteiger partial charge >= 0.3 is 5.97 Å². The van der Waals surface area contributed by atoms with Gasteiger partial charge in [0, 0.05) is 5.56 Å². The maximum atomic E-state index is 12.0. The molecule has 0 aromatic heterocycles. The van der Waals surface area contributed by atoms with E-state index in [-0.39, 0.29) is 16.3 Å². The van der Waals surface area contributed by atoms with Crippen molar-refractivity contribution in [1.82, 2.24) is 4.90 Å². The third-order valence-corrected chi connectivity index (χ3v) is 2.46. The molecule has 4 N–H and O–H groups in total. The molecule has 0 aliphatic heterocycles. The van der Waals surface area contributed by atoms with E-state index in [0.29, 0.717) is 0 Å². The average molecular weight is 287 g/mol. The van der Waals surface area contributed by atoms with Crippen molar-refractivity contribution >= 4 is 29.4 Å². The van der Waals surface area contributed by atoms with Gasteiger partial charge in [-0.1, -0.05) is 11.6 Å². The maximum absolute atomic E-state index is 12.0. The molecule has 0 aliphatic rings. The van der Waals surface area contributed by atoms with Gasteiger partial charge in [0.1, 0.15) is 18.8 Å². The number of nitrogens with zero attached hydrogens (tertiary/aromatic N) is 1. The van der Waals surface area contributed by atoms with E-state index in [9.17, 15) is 19.5 Å². The molecule has 0 radical (unpaired) electrons. The molecular weight excluding hydrogens is 276 g/mol. The first-order valence-corrected chi connectivity index (χ1v) is 5.47. The number of halogens is 1. The number of phenols is 1. The molecule has 7 nitrogen and oxygen atoms in total. The zero-order chi connectivity index (χ0) is 14.6. The molecule has 19 heavy (non-hydrogen) atoms. The van der Waals surface area contributed by atoms with Crippen LogP contribution in [0, 0.1) is 0 Å². The molecule has 102 valence electrons. The van der Waals surface area contributed by atoms with Crippen LogP contribution in [-0.4, -0.2) is 46.0 Å². The lowest BCUT2D eigenvalue weighted by atomic mass is 10.2. The van der Waals surface area contributed by atoms with Crippen LogP contribution in [0.5, 0.6) is 5.75 Å². The average Bonchev–Trinajstić information content (AvgIpc) is 2.29. The molecule has 0 bridgehead atoms. The second-order valence-electron chi connectivity index (χ2n) is 3.69. The second kappa shape index (κ2) is 6.05. The highest BCUT2D eigenvalue weighted by atomic mass is 35.5. The van der Waals surface area contributed by atoms with E-state index in [4.69, 9.17) is 22.4 Å². The third-order valence-electron chi connectivity index (χ3n) is 2.15. The number of hydrogen-bond donors (Lipinski definition) is 3. The lowest BCUT2D eigenvalue weighted by Crippen LogP contribution is -2.41. The fourth-order valence-electron chi connectivity index (χ4n) is 1.37. The minimum Gasteiger partial charge on any atom is -0.506 e. The molecule has 0 atom stereocenters. The Kier molecular flexibility index (Phi) is 4.71. The summed E-state index contributed by atoms with van der Waals surface area (Å²) in [6, 6.07) is 3.63. The summed E-state index contributed by atoms with van der Waals surface area (Å²) in [5.74, 6) is -3.04. The smallest absolute Gasteiger partial charge is 0.323 e. The largest absolute Gasteiger partial charge is 0.506 e. The Morgan fingerprint density at radius 3 is 2.37 bits per heavy atom. The monoisotopic (exact) mass is 286 g/mol. The summed E-state index contributed by atoms with van der Waals surface area (Å²) in [5, 5.41) is 17.9. The summed E-state index contributed by atoms with van der Waals surface area (Å²) in [6.07, 6.45) is 0. The first kappa shape index (κ1) is 14.8. The Labute approximate surface area is 113 Å². The molecule has 0 aliphatic carbocycles. The summed E-state index contributed by atoms with van der Waals surface area (Å²) in [7, 11) is 0. The lowest BCUT2D eigenvalue weighted by Gasteiger charge is -2.19. The molecule has 1 rings (SSSR count). The lowest BCUT2D eigenvalue weighted by molar-refractivity contribution is -0.138. The normalized spacial score (nSPS) is 9.95. The van der Waals surface area contributed by atoms with Crippen LogP contribution < -0.4 is 5.73 Å². The van der Waals surface area contributed by atoms with Crippen LogP contribution in [0.4, 0.5) is 0 Å². The van der Waals surface area contributed by atoms with Gasteiger partial charge in [-0.25, -0.2) is 0 Å². The number of carboxylic acids is 1. The Hall–Kier alpha value is -2.28. The summed E-state index contributed by atoms with van der Waals surface area (Å²) in [6.45, 7) is -1.19. The maximum Gasteiger partial charge on any atom is 0.323 e. The molecule has 0 spiro atoms. The van der Waals surface area contributed by atoms with Crippen LogP contribution in [0.25, 0.3) is 0 Å². The molecule has 0 unspecified atom stereocenters. The molecule has 0 saturated carbocycles. The van der Waals surface area contributed by atoms with Crippen molar-refractivity contribution in [2.75, 3.05) is 13.1 Å². The van der Waals surface area contributed by atoms with Gasteiger partial charge in [0.15, 0.2) is 0 Å². The fraction of sp³-hybridized carbons (Fsp3) is 0.182. The van der Waals surface area contributed by atoms with E-state index in [2.05, 4.69) is 0 Å². The minimum atomic E-state index is -1.28. The van der Waals surface area contributed by atoms with Gasteiger partial charge in [-0.3, -0.25) is 14.4 Å². The Balaban J connectivity index is 3.00. The van der Waals surface area contributed by atoms with Gasteiger partial charge < -0.3 is 20.8 Å². The number of carbonyl (C=O) groups is 3. The number of nitrogens with two attached hydrogens (primary N) is 1. The Morgan fingerprint density at radius 1 is 1.26 bits per heavy atom. The summed E-state index contributed by atoms with van der Waals surface area (Å²) in [4.78, 5) is 34.2. The van der Waals surface area contributed by atoms with Gasteiger partial charge in [-0.2, -0.15) is 0 Å². The van der Waals surface area contributed by atoms with Crippen LogP contribution in [-0.2, 0) is 9.59 Å². The number of hydrogen-bond acceptors (Lipinski definition) is 4. The number of aliphatic carboxylic acids is 1. The highest BCUT2D eigenvalue weighted by Gasteiger charge is 2.21. The predicted octanol–water partition coefficient (Wildman–Crippen LogP) is 0.0577. The van der Waals surface area contributed by atoms with Crippen LogP contribution in [0.2, 0.25) is 5.02 Å². The van der Waals surface area contributed by atoms with E-state index in [0.717, 1.165) is 4.90 Å². The first-order valence-electron chi connectivity index (χ1n) is 5.09. The van der Waals surface area contributed by atoms with E-state index in [1.807, 2.05) is 0 Å². The second-order valence-corrected chi connectivity index (χ2v) is 4.09. The van der Waals surface area contributed by atoms with E-state index >= 15 is 0 Å². The zero-order valence-corrected chi connectivity index (χ0v) is 10.4. The molecule has 2 amide bonds. The SMILES string of the molecule is NC(=O)CN(CC(=O)O)C(=O)c1ccc(O)c(Cl)c1. The topological polar surface area (TPSA) is 121 Å². The third kappa shape index (κ3) is 4.14. The van der Waals surface area contributed by atoms with Gasteiger partial charge in [0.05, 0.1) is 5.02 Å². The number of benzene rings is 1. The highest BCUT2D eigenvalue weighted by Crippen LogP contribution is 2.24. The number of carboxylic acid groups (broad SMARTS) is 1. The molecular formula is C11H11ClN2O5. The van der Waals surface area contributed by atoms with Crippen molar-refractivity contribution in [3.63, 3.8) is 0 Å². The molecule has 0 fully saturated rings. The van der Waals surface area contributed by atoms with Crippen LogP contribution in [0.3, 0.4) is 0 Å². The molecule has 1 aromatic carbocycles. The molecule has 0 heterocycles. The predicted molar refractivity (Wildman–Crippen MR) is 65.9 cm³/mol. The van der Waals surface area contributed by atoms with Gasteiger partial charge in [0.25, 0.3) is 5.91 Å². The number of carbonyl (C=O) groups excluding carboxylic acids is 2. The molecule has 0 saturated heterocycles. The molecule has 1 aromatic rings. The summed E-state index contributed by atoms with van der Waals surface area (Å²) in [5.41, 5.74) is 4.99. The Bertz CT molecular complexity index is 516. The van der Waals surface area contributed by atoms with Gasteiger partial charge in [-0.05, 0) is 18.2 Å². The van der Waals surface area contributed by atoms with E-state index < -0.39 is 30.9 Å². The van der Waals surface area contributed by atoms with Crippen molar-refractivity contribution in [1.29, 1.82) is 0 Å². The van der Waals surface area contributed by atoms with Crippen molar-refractivity contribution in [2.24, 2.45) is 5.73 Å². The van der Waals surface area contributed by atoms with Crippen molar-refractivity contribution in [3.8, 4) is 5.75 Å². The summed E-state index contributed by atoms with van der Waals surface area (Å²) >= 11 is 5.65. The standard InChI is InChI=1S/C11H11ClN2O5/c12-7-3-6(1-2-8(7)15)11(19)14(4-9(13)16)5-10(17)18/h1-3,15H,4-5H2,(H2,13,16)(H,17,18). The number of phenolic OH excluding ortho intramolecular Hbond substituents is 1. The quantitative estimate of drug-likeness (QED) is 0.706. The van der Waals surface area contributed by atoms with Crippen LogP contribution in [0.1, 0.15) is 10.4 Å². The minimum absolute atomic E-state index is 0.0466. The van der Waals surface area contributed by atoms with Crippen LogP contribution >= 0.6 is 11.6 Å². The van der Waals surface area contributed by atoms with Crippen molar-refractivity contribution < 1.29 is 24.6 Å². The highest BCUT2D eigenvalue weighted by molar-refractivity contribution is 6.32. The number of rotatable bonds is 5. The van der Waals surface area contributed by atoms with Crippen molar-refractivity contribution in [2.45, 2.75) is 0 Å². The van der Waals surface area contributed by atoms with Crippen molar-refractivity contribution in [3.05, 3.63) is 28.8 Å².